The Bertz CT molecular complexity index is 420. The largest absolute Gasteiger partial charge is 0.398 e. The summed E-state index contributed by atoms with van der Waals surface area (Å²) in [5.41, 5.74) is 13.6. The van der Waals surface area contributed by atoms with Gasteiger partial charge in [-0.25, -0.2) is 4.98 Å². The van der Waals surface area contributed by atoms with Crippen LogP contribution in [0.3, 0.4) is 0 Å². The summed E-state index contributed by atoms with van der Waals surface area (Å²) in [6.45, 7) is 0. The van der Waals surface area contributed by atoms with E-state index in [1.165, 1.54) is 0 Å². The predicted molar refractivity (Wildman–Crippen MR) is 54.1 cm³/mol. The molecule has 0 aliphatic carbocycles. The van der Waals surface area contributed by atoms with Crippen LogP contribution in [0.5, 0.6) is 0 Å². The number of anilines is 2. The van der Waals surface area contributed by atoms with E-state index in [1.807, 2.05) is 0 Å². The molecule has 5 nitrogen and oxygen atoms in total. The van der Waals surface area contributed by atoms with Crippen LogP contribution in [0.1, 0.15) is 0 Å². The lowest BCUT2D eigenvalue weighted by Gasteiger charge is -2.06. The molecule has 0 bridgehead atoms. The molecule has 0 aliphatic rings. The van der Waals surface area contributed by atoms with E-state index in [-0.39, 0.29) is 0 Å². The van der Waals surface area contributed by atoms with Crippen molar-refractivity contribution in [3.05, 3.63) is 30.7 Å². The Morgan fingerprint density at radius 2 is 1.86 bits per heavy atom. The van der Waals surface area contributed by atoms with E-state index >= 15 is 0 Å². The van der Waals surface area contributed by atoms with Crippen molar-refractivity contribution in [2.24, 2.45) is 0 Å². The van der Waals surface area contributed by atoms with Gasteiger partial charge in [0.2, 0.25) is 0 Å². The van der Waals surface area contributed by atoms with Gasteiger partial charge < -0.3 is 11.5 Å². The molecule has 4 N–H and O–H groups in total. The average molecular weight is 187 g/mol. The van der Waals surface area contributed by atoms with Crippen LogP contribution < -0.4 is 11.5 Å². The molecule has 2 aromatic heterocycles. The van der Waals surface area contributed by atoms with Gasteiger partial charge in [-0.3, -0.25) is 0 Å². The number of pyridine rings is 1. The Hall–Kier alpha value is -2.17. The minimum absolute atomic E-state index is 0.401. The van der Waals surface area contributed by atoms with Crippen molar-refractivity contribution in [2.75, 3.05) is 11.5 Å². The molecule has 0 aromatic carbocycles. The Balaban J connectivity index is 2.63. The van der Waals surface area contributed by atoms with Crippen molar-refractivity contribution in [3.63, 3.8) is 0 Å². The summed E-state index contributed by atoms with van der Waals surface area (Å²) in [6, 6.07) is 3.49. The molecule has 2 rings (SSSR count). The second kappa shape index (κ2) is 3.29. The van der Waals surface area contributed by atoms with E-state index < -0.39 is 0 Å². The van der Waals surface area contributed by atoms with Gasteiger partial charge in [-0.05, 0) is 12.1 Å². The first-order valence-corrected chi connectivity index (χ1v) is 4.06. The minimum Gasteiger partial charge on any atom is -0.398 e. The van der Waals surface area contributed by atoms with Crippen LogP contribution in [0, 0.1) is 0 Å². The number of hydrogen-bond acceptors (Lipinski definition) is 5. The molecule has 5 heteroatoms. The third-order valence-corrected chi connectivity index (χ3v) is 1.89. The van der Waals surface area contributed by atoms with Gasteiger partial charge in [0, 0.05) is 23.0 Å². The monoisotopic (exact) mass is 187 g/mol. The molecule has 70 valence electrons. The molecule has 0 amide bonds. The van der Waals surface area contributed by atoms with E-state index in [2.05, 4.69) is 15.2 Å². The summed E-state index contributed by atoms with van der Waals surface area (Å²) in [5.74, 6) is 0.401. The van der Waals surface area contributed by atoms with Crippen LogP contribution in [0.4, 0.5) is 11.5 Å². The highest BCUT2D eigenvalue weighted by Gasteiger charge is 2.07. The lowest BCUT2D eigenvalue weighted by molar-refractivity contribution is 1.03. The van der Waals surface area contributed by atoms with Gasteiger partial charge in [0.05, 0.1) is 12.4 Å². The fourth-order valence-electron chi connectivity index (χ4n) is 1.25. The first-order chi connectivity index (χ1) is 6.79. The van der Waals surface area contributed by atoms with Gasteiger partial charge >= 0.3 is 0 Å². The van der Waals surface area contributed by atoms with Crippen LogP contribution >= 0.6 is 0 Å². The van der Waals surface area contributed by atoms with Crippen molar-refractivity contribution >= 4 is 11.5 Å². The molecular formula is C9H9N5. The van der Waals surface area contributed by atoms with Crippen molar-refractivity contribution in [2.45, 2.75) is 0 Å². The second-order valence-corrected chi connectivity index (χ2v) is 2.79. The molecule has 14 heavy (non-hydrogen) atoms. The fraction of sp³-hybridized carbons (Fsp3) is 0. The Kier molecular flexibility index (Phi) is 1.98. The topological polar surface area (TPSA) is 90.7 Å². The Labute approximate surface area is 80.8 Å². The SMILES string of the molecule is Nc1ccnc(N)c1-c1ccnnc1. The standard InChI is InChI=1S/C9H9N5/c10-7-2-3-12-9(11)8(7)6-1-4-13-14-5-6/h1-5H,(H4,10,11,12). The van der Waals surface area contributed by atoms with Crippen LogP contribution in [-0.2, 0) is 0 Å². The molecule has 0 aliphatic heterocycles. The van der Waals surface area contributed by atoms with Gasteiger partial charge in [-0.1, -0.05) is 0 Å². The van der Waals surface area contributed by atoms with Gasteiger partial charge in [-0.15, -0.1) is 0 Å². The highest BCUT2D eigenvalue weighted by Crippen LogP contribution is 2.28. The minimum atomic E-state index is 0.401. The summed E-state index contributed by atoms with van der Waals surface area (Å²) < 4.78 is 0. The predicted octanol–water partition coefficient (Wildman–Crippen LogP) is 0.703. The zero-order valence-electron chi connectivity index (χ0n) is 7.38. The lowest BCUT2D eigenvalue weighted by atomic mass is 10.1. The van der Waals surface area contributed by atoms with E-state index in [4.69, 9.17) is 11.5 Å². The fourth-order valence-corrected chi connectivity index (χ4v) is 1.25. The molecule has 0 radical (unpaired) electrons. The zero-order valence-corrected chi connectivity index (χ0v) is 7.38. The van der Waals surface area contributed by atoms with Gasteiger partial charge in [0.15, 0.2) is 0 Å². The number of nitrogen functional groups attached to an aromatic ring is 2. The summed E-state index contributed by atoms with van der Waals surface area (Å²) >= 11 is 0. The zero-order chi connectivity index (χ0) is 9.97. The maximum atomic E-state index is 5.79. The molecule has 0 atom stereocenters. The Morgan fingerprint density at radius 1 is 1.00 bits per heavy atom. The number of nitrogens with zero attached hydrogens (tertiary/aromatic N) is 3. The number of aromatic nitrogens is 3. The highest BCUT2D eigenvalue weighted by molar-refractivity contribution is 5.83. The van der Waals surface area contributed by atoms with Crippen molar-refractivity contribution < 1.29 is 0 Å². The molecule has 0 saturated heterocycles. The lowest BCUT2D eigenvalue weighted by Crippen LogP contribution is -1.99. The molecule has 0 saturated carbocycles. The third-order valence-electron chi connectivity index (χ3n) is 1.89. The second-order valence-electron chi connectivity index (χ2n) is 2.79. The first kappa shape index (κ1) is 8.43. The van der Waals surface area contributed by atoms with E-state index in [9.17, 15) is 0 Å². The quantitative estimate of drug-likeness (QED) is 0.685. The molecule has 2 aromatic rings. The highest BCUT2D eigenvalue weighted by atomic mass is 15.1. The smallest absolute Gasteiger partial charge is 0.133 e. The molecule has 0 fully saturated rings. The average Bonchev–Trinajstić information content (AvgIpc) is 2.19. The summed E-state index contributed by atoms with van der Waals surface area (Å²) in [4.78, 5) is 3.97. The molecule has 2 heterocycles. The van der Waals surface area contributed by atoms with Crippen LogP contribution in [-0.4, -0.2) is 15.2 Å². The summed E-state index contributed by atoms with van der Waals surface area (Å²) in [7, 11) is 0. The first-order valence-electron chi connectivity index (χ1n) is 4.06. The van der Waals surface area contributed by atoms with Crippen LogP contribution in [0.25, 0.3) is 11.1 Å². The van der Waals surface area contributed by atoms with Crippen LogP contribution in [0.15, 0.2) is 30.7 Å². The number of hydrogen-bond donors (Lipinski definition) is 2. The summed E-state index contributed by atoms with van der Waals surface area (Å²) in [5, 5.41) is 7.43. The maximum Gasteiger partial charge on any atom is 0.133 e. The molecular weight excluding hydrogens is 178 g/mol. The molecule has 0 spiro atoms. The summed E-state index contributed by atoms with van der Waals surface area (Å²) in [6.07, 6.45) is 4.76. The Morgan fingerprint density at radius 3 is 2.50 bits per heavy atom. The van der Waals surface area contributed by atoms with Crippen molar-refractivity contribution in [1.29, 1.82) is 0 Å². The van der Waals surface area contributed by atoms with Gasteiger partial charge in [0.25, 0.3) is 0 Å². The normalized spacial score (nSPS) is 10.0. The number of rotatable bonds is 1. The van der Waals surface area contributed by atoms with E-state index in [0.717, 1.165) is 5.56 Å². The maximum absolute atomic E-state index is 5.79. The third kappa shape index (κ3) is 1.35. The van der Waals surface area contributed by atoms with Crippen molar-refractivity contribution in [1.82, 2.24) is 15.2 Å². The van der Waals surface area contributed by atoms with E-state index in [0.29, 0.717) is 17.1 Å². The van der Waals surface area contributed by atoms with Gasteiger partial charge in [0.1, 0.15) is 5.82 Å². The van der Waals surface area contributed by atoms with E-state index in [1.54, 1.807) is 30.7 Å². The van der Waals surface area contributed by atoms with Gasteiger partial charge in [-0.2, -0.15) is 10.2 Å². The molecule has 0 unspecified atom stereocenters. The van der Waals surface area contributed by atoms with Crippen molar-refractivity contribution in [3.8, 4) is 11.1 Å². The van der Waals surface area contributed by atoms with Crippen LogP contribution in [0.2, 0.25) is 0 Å². The number of nitrogens with two attached hydrogens (primary N) is 2.